The first-order valence-corrected chi connectivity index (χ1v) is 20.7. The molecule has 0 aliphatic heterocycles. The smallest absolute Gasteiger partial charge is 0.136 e. The Balaban J connectivity index is 1.17. The number of rotatable bonds is 4. The van der Waals surface area contributed by atoms with E-state index in [2.05, 4.69) is 217 Å². The molecule has 2 heterocycles. The number of benzene rings is 11. The molecule has 0 unspecified atom stereocenters. The van der Waals surface area contributed by atoms with Crippen molar-refractivity contribution in [2.24, 2.45) is 0 Å². The molecule has 60 heavy (non-hydrogen) atoms. The van der Waals surface area contributed by atoms with Gasteiger partial charge in [0.1, 0.15) is 11.2 Å². The summed E-state index contributed by atoms with van der Waals surface area (Å²) in [5, 5.41) is 14.5. The summed E-state index contributed by atoms with van der Waals surface area (Å²) in [4.78, 5) is 0. The highest BCUT2D eigenvalue weighted by atomic mass is 16.3. The average Bonchev–Trinajstić information content (AvgIpc) is 3.87. The predicted molar refractivity (Wildman–Crippen MR) is 254 cm³/mol. The Hall–Kier alpha value is -7.94. The van der Waals surface area contributed by atoms with Crippen molar-refractivity contribution in [3.63, 3.8) is 0 Å². The molecule has 11 aromatic carbocycles. The summed E-state index contributed by atoms with van der Waals surface area (Å²) in [6.45, 7) is 0. The fourth-order valence-electron chi connectivity index (χ4n) is 10.4. The van der Waals surface area contributed by atoms with Crippen LogP contribution >= 0.6 is 0 Å². The van der Waals surface area contributed by atoms with Crippen molar-refractivity contribution in [2.75, 3.05) is 0 Å². The summed E-state index contributed by atoms with van der Waals surface area (Å²) in [6, 6.07) is 77.4. The summed E-state index contributed by atoms with van der Waals surface area (Å²) in [5.41, 5.74) is 12.6. The molecular weight excluding hydrogens is 727 g/mol. The zero-order chi connectivity index (χ0) is 39.3. The van der Waals surface area contributed by atoms with Crippen molar-refractivity contribution in [3.05, 3.63) is 212 Å². The molecule has 2 nitrogen and oxygen atoms in total. The van der Waals surface area contributed by atoms with Gasteiger partial charge in [0.05, 0.1) is 16.7 Å². The molecule has 0 radical (unpaired) electrons. The second-order valence-corrected chi connectivity index (χ2v) is 15.9. The monoisotopic (exact) mass is 761 g/mol. The Bertz CT molecular complexity index is 3720. The average molecular weight is 762 g/mol. The van der Waals surface area contributed by atoms with E-state index >= 15 is 0 Å². The van der Waals surface area contributed by atoms with Crippen LogP contribution in [0.5, 0.6) is 0 Å². The molecule has 0 saturated carbocycles. The molecule has 2 heteroatoms. The second kappa shape index (κ2) is 12.8. The molecule has 0 amide bonds. The standard InChI is InChI=1S/C58H35NO/c1-2-18-36(19-3-1)53-39-22-4-6-24-41(39)54(42-25-7-5-23-40(42)53)47-30-16-34-51-56(47)57-48(31-17-35-52(57)60-51)55-43-26-8-10-28-45(43)58(46-29-11-9-27-44(46)55)59-49-32-14-12-20-37(49)38-21-13-15-33-50(38)59/h1-35H. The van der Waals surface area contributed by atoms with Crippen molar-refractivity contribution >= 4 is 86.8 Å². The van der Waals surface area contributed by atoms with Crippen LogP contribution in [0.1, 0.15) is 0 Å². The highest BCUT2D eigenvalue weighted by Gasteiger charge is 2.25. The number of fused-ring (bicyclic) bond motifs is 10. The lowest BCUT2D eigenvalue weighted by molar-refractivity contribution is 0.669. The summed E-state index contributed by atoms with van der Waals surface area (Å²) in [7, 11) is 0. The van der Waals surface area contributed by atoms with Crippen LogP contribution in [0.25, 0.3) is 126 Å². The van der Waals surface area contributed by atoms with Gasteiger partial charge in [0.25, 0.3) is 0 Å². The van der Waals surface area contributed by atoms with Gasteiger partial charge >= 0.3 is 0 Å². The van der Waals surface area contributed by atoms with Crippen LogP contribution in [-0.4, -0.2) is 4.57 Å². The molecule has 13 aromatic rings. The second-order valence-electron chi connectivity index (χ2n) is 15.9. The third-order valence-corrected chi connectivity index (χ3v) is 12.8. The van der Waals surface area contributed by atoms with E-state index in [1.165, 1.54) is 98.4 Å². The maximum Gasteiger partial charge on any atom is 0.136 e. The zero-order valence-corrected chi connectivity index (χ0v) is 32.6. The summed E-state index contributed by atoms with van der Waals surface area (Å²) in [6.07, 6.45) is 0. The SMILES string of the molecule is c1ccc(-c2c3ccccc3c(-c3cccc4oc5cccc(-c6c7ccccc7c(-n7c8ccccc8c8ccccc87)c7ccccc67)c5c34)c3ccccc23)cc1. The summed E-state index contributed by atoms with van der Waals surface area (Å²) < 4.78 is 9.38. The van der Waals surface area contributed by atoms with Gasteiger partial charge in [-0.25, -0.2) is 0 Å². The fourth-order valence-corrected chi connectivity index (χ4v) is 10.4. The number of hydrogen-bond acceptors (Lipinski definition) is 1. The van der Waals surface area contributed by atoms with Gasteiger partial charge < -0.3 is 8.98 Å². The minimum atomic E-state index is 0.879. The quantitative estimate of drug-likeness (QED) is 0.163. The van der Waals surface area contributed by atoms with Crippen LogP contribution in [0, 0.1) is 0 Å². The maximum atomic E-state index is 6.89. The molecule has 13 rings (SSSR count). The lowest BCUT2D eigenvalue weighted by Gasteiger charge is -2.20. The highest BCUT2D eigenvalue weighted by molar-refractivity contribution is 6.29. The van der Waals surface area contributed by atoms with Crippen LogP contribution < -0.4 is 0 Å². The number of para-hydroxylation sites is 2. The molecule has 0 N–H and O–H groups in total. The topological polar surface area (TPSA) is 18.1 Å². The molecule has 0 fully saturated rings. The number of hydrogen-bond donors (Lipinski definition) is 0. The van der Waals surface area contributed by atoms with E-state index in [0.717, 1.165) is 27.5 Å². The fraction of sp³-hybridized carbons (Fsp3) is 0. The normalized spacial score (nSPS) is 12.0. The molecule has 0 spiro atoms. The Labute approximate surface area is 345 Å². The van der Waals surface area contributed by atoms with Crippen molar-refractivity contribution in [1.29, 1.82) is 0 Å². The Morgan fingerprint density at radius 3 is 1.07 bits per heavy atom. The van der Waals surface area contributed by atoms with Crippen LogP contribution in [0.3, 0.4) is 0 Å². The van der Waals surface area contributed by atoms with Gasteiger partial charge in [-0.2, -0.15) is 0 Å². The molecule has 2 aromatic heterocycles. The van der Waals surface area contributed by atoms with Gasteiger partial charge in [0.15, 0.2) is 0 Å². The minimum Gasteiger partial charge on any atom is -0.456 e. The van der Waals surface area contributed by atoms with E-state index < -0.39 is 0 Å². The summed E-state index contributed by atoms with van der Waals surface area (Å²) >= 11 is 0. The van der Waals surface area contributed by atoms with Crippen molar-refractivity contribution in [1.82, 2.24) is 4.57 Å². The zero-order valence-electron chi connectivity index (χ0n) is 32.6. The number of nitrogens with zero attached hydrogens (tertiary/aromatic N) is 1. The van der Waals surface area contributed by atoms with E-state index in [0.29, 0.717) is 0 Å². The van der Waals surface area contributed by atoms with E-state index in [1.54, 1.807) is 0 Å². The third kappa shape index (κ3) is 4.59. The van der Waals surface area contributed by atoms with Crippen LogP contribution in [0.4, 0.5) is 0 Å². The van der Waals surface area contributed by atoms with Crippen LogP contribution in [-0.2, 0) is 0 Å². The minimum absolute atomic E-state index is 0.879. The lowest BCUT2D eigenvalue weighted by atomic mass is 9.84. The molecule has 0 bridgehead atoms. The Kier molecular flexibility index (Phi) is 7.05. The number of aromatic nitrogens is 1. The van der Waals surface area contributed by atoms with Crippen molar-refractivity contribution in [3.8, 4) is 39.1 Å². The number of furan rings is 1. The van der Waals surface area contributed by atoms with Gasteiger partial charge in [-0.15, -0.1) is 0 Å². The Morgan fingerprint density at radius 2 is 0.617 bits per heavy atom. The molecule has 0 aliphatic carbocycles. The molecule has 0 aliphatic rings. The van der Waals surface area contributed by atoms with Gasteiger partial charge in [-0.3, -0.25) is 0 Å². The van der Waals surface area contributed by atoms with Gasteiger partial charge in [-0.05, 0) is 90.0 Å². The van der Waals surface area contributed by atoms with E-state index in [9.17, 15) is 0 Å². The highest BCUT2D eigenvalue weighted by Crippen LogP contribution is 2.51. The van der Waals surface area contributed by atoms with Gasteiger partial charge in [0, 0.05) is 32.3 Å². The lowest BCUT2D eigenvalue weighted by Crippen LogP contribution is -1.99. The first kappa shape index (κ1) is 33.1. The van der Waals surface area contributed by atoms with Crippen molar-refractivity contribution in [2.45, 2.75) is 0 Å². The molecule has 0 atom stereocenters. The largest absolute Gasteiger partial charge is 0.456 e. The van der Waals surface area contributed by atoms with Gasteiger partial charge in [-0.1, -0.05) is 188 Å². The van der Waals surface area contributed by atoms with Gasteiger partial charge in [0.2, 0.25) is 0 Å². The van der Waals surface area contributed by atoms with E-state index in [1.807, 2.05) is 0 Å². The first-order chi connectivity index (χ1) is 29.8. The van der Waals surface area contributed by atoms with E-state index in [4.69, 9.17) is 4.42 Å². The van der Waals surface area contributed by atoms with Crippen molar-refractivity contribution < 1.29 is 4.42 Å². The van der Waals surface area contributed by atoms with Crippen LogP contribution in [0.2, 0.25) is 0 Å². The third-order valence-electron chi connectivity index (χ3n) is 12.8. The van der Waals surface area contributed by atoms with E-state index in [-0.39, 0.29) is 0 Å². The molecule has 0 saturated heterocycles. The molecule has 278 valence electrons. The van der Waals surface area contributed by atoms with Crippen LogP contribution in [0.15, 0.2) is 217 Å². The first-order valence-electron chi connectivity index (χ1n) is 20.7. The Morgan fingerprint density at radius 1 is 0.267 bits per heavy atom. The maximum absolute atomic E-state index is 6.89. The molecular formula is C58H35NO. The summed E-state index contributed by atoms with van der Waals surface area (Å²) in [5.74, 6) is 0. The predicted octanol–water partition coefficient (Wildman–Crippen LogP) is 16.3.